The summed E-state index contributed by atoms with van der Waals surface area (Å²) in [6.45, 7) is 1.92. The monoisotopic (exact) mass is 430 g/mol. The van der Waals surface area contributed by atoms with Gasteiger partial charge < -0.3 is 14.5 Å². The lowest BCUT2D eigenvalue weighted by Gasteiger charge is -2.06. The fraction of sp³-hybridized carbons (Fsp3) is 0.120. The van der Waals surface area contributed by atoms with Crippen molar-refractivity contribution in [1.82, 2.24) is 4.98 Å². The third-order valence-electron chi connectivity index (χ3n) is 4.75. The maximum atomic E-state index is 12.5. The number of benzene rings is 3. The van der Waals surface area contributed by atoms with Gasteiger partial charge in [-0.15, -0.1) is 11.8 Å². The van der Waals surface area contributed by atoms with E-state index in [1.54, 1.807) is 55.3 Å². The zero-order valence-corrected chi connectivity index (χ0v) is 18.1. The van der Waals surface area contributed by atoms with E-state index in [-0.39, 0.29) is 5.91 Å². The highest BCUT2D eigenvalue weighted by Crippen LogP contribution is 2.27. The summed E-state index contributed by atoms with van der Waals surface area (Å²) in [5, 5.41) is 2.88. The van der Waals surface area contributed by atoms with Crippen molar-refractivity contribution in [2.24, 2.45) is 0 Å². The Morgan fingerprint density at radius 2 is 1.71 bits per heavy atom. The van der Waals surface area contributed by atoms with Gasteiger partial charge in [0.05, 0.1) is 12.8 Å². The lowest BCUT2D eigenvalue weighted by atomic mass is 10.1. The molecule has 0 bridgehead atoms. The Hall–Kier alpha value is -3.51. The molecule has 0 fully saturated rings. The normalized spacial score (nSPS) is 10.6. The van der Waals surface area contributed by atoms with Gasteiger partial charge in [0.2, 0.25) is 5.89 Å². The molecule has 1 heterocycles. The van der Waals surface area contributed by atoms with Crippen molar-refractivity contribution in [3.8, 4) is 17.2 Å². The molecule has 5 nitrogen and oxygen atoms in total. The predicted molar refractivity (Wildman–Crippen MR) is 124 cm³/mol. The minimum atomic E-state index is -0.180. The third-order valence-corrected chi connectivity index (χ3v) is 5.78. The molecule has 1 N–H and O–H groups in total. The molecule has 0 saturated heterocycles. The topological polar surface area (TPSA) is 64.4 Å². The van der Waals surface area contributed by atoms with E-state index < -0.39 is 0 Å². The van der Waals surface area contributed by atoms with Crippen molar-refractivity contribution >= 4 is 23.4 Å². The minimum Gasteiger partial charge on any atom is -0.497 e. The van der Waals surface area contributed by atoms with Gasteiger partial charge in [0.1, 0.15) is 11.5 Å². The van der Waals surface area contributed by atoms with Gasteiger partial charge in [-0.2, -0.15) is 0 Å². The van der Waals surface area contributed by atoms with Gasteiger partial charge in [-0.3, -0.25) is 4.79 Å². The maximum Gasteiger partial charge on any atom is 0.255 e. The van der Waals surface area contributed by atoms with E-state index in [1.807, 2.05) is 37.3 Å². The van der Waals surface area contributed by atoms with E-state index in [1.165, 1.54) is 4.90 Å². The molecule has 0 radical (unpaired) electrons. The first-order valence-corrected chi connectivity index (χ1v) is 10.8. The fourth-order valence-corrected chi connectivity index (χ4v) is 3.92. The molecular formula is C25H22N2O3S. The van der Waals surface area contributed by atoms with Gasteiger partial charge in [-0.25, -0.2) is 4.98 Å². The van der Waals surface area contributed by atoms with Crippen LogP contribution in [-0.2, 0) is 5.75 Å². The summed E-state index contributed by atoms with van der Waals surface area (Å²) in [7, 11) is 1.61. The summed E-state index contributed by atoms with van der Waals surface area (Å²) in [4.78, 5) is 18.4. The number of aryl methyl sites for hydroxylation is 1. The summed E-state index contributed by atoms with van der Waals surface area (Å²) >= 11 is 1.72. The summed E-state index contributed by atoms with van der Waals surface area (Å²) in [5.74, 6) is 2.66. The van der Waals surface area contributed by atoms with Crippen molar-refractivity contribution < 1.29 is 13.9 Å². The lowest BCUT2D eigenvalue weighted by Crippen LogP contribution is -2.11. The maximum absolute atomic E-state index is 12.5. The predicted octanol–water partition coefficient (Wildman–Crippen LogP) is 6.20. The Kier molecular flexibility index (Phi) is 6.38. The SMILES string of the molecule is COc1ccc(NC(=O)c2ccc(-c3nc(CSc4ccccc4)c(C)o3)cc2)cc1. The Labute approximate surface area is 185 Å². The van der Waals surface area contributed by atoms with E-state index >= 15 is 0 Å². The number of nitrogens with zero attached hydrogens (tertiary/aromatic N) is 1. The van der Waals surface area contributed by atoms with Crippen LogP contribution in [0.15, 0.2) is 88.2 Å². The summed E-state index contributed by atoms with van der Waals surface area (Å²) < 4.78 is 11.0. The highest BCUT2D eigenvalue weighted by atomic mass is 32.2. The van der Waals surface area contributed by atoms with Gasteiger partial charge in [0, 0.05) is 27.5 Å². The number of methoxy groups -OCH3 is 1. The molecule has 156 valence electrons. The molecule has 0 saturated carbocycles. The van der Waals surface area contributed by atoms with Crippen molar-refractivity contribution in [3.05, 3.63) is 95.9 Å². The number of carbonyl (C=O) groups is 1. The standard InChI is InChI=1S/C25H22N2O3S/c1-17-23(16-31-22-6-4-3-5-7-22)27-25(30-17)19-10-8-18(9-11-19)24(28)26-20-12-14-21(29-2)15-13-20/h3-15H,16H2,1-2H3,(H,26,28). The molecular weight excluding hydrogens is 408 g/mol. The third kappa shape index (κ3) is 5.16. The number of aromatic nitrogens is 1. The van der Waals surface area contributed by atoms with Crippen LogP contribution in [-0.4, -0.2) is 18.0 Å². The Morgan fingerprint density at radius 3 is 2.39 bits per heavy atom. The molecule has 0 unspecified atom stereocenters. The molecule has 0 spiro atoms. The van der Waals surface area contributed by atoms with Crippen molar-refractivity contribution in [2.45, 2.75) is 17.6 Å². The largest absolute Gasteiger partial charge is 0.497 e. The second-order valence-corrected chi connectivity index (χ2v) is 7.93. The summed E-state index contributed by atoms with van der Waals surface area (Å²) in [6.07, 6.45) is 0. The van der Waals surface area contributed by atoms with Crippen LogP contribution >= 0.6 is 11.8 Å². The molecule has 6 heteroatoms. The molecule has 1 aromatic heterocycles. The molecule has 4 rings (SSSR count). The van der Waals surface area contributed by atoms with Crippen LogP contribution in [0.2, 0.25) is 0 Å². The highest BCUT2D eigenvalue weighted by molar-refractivity contribution is 7.98. The van der Waals surface area contributed by atoms with Crippen LogP contribution in [0.3, 0.4) is 0 Å². The Balaban J connectivity index is 1.42. The molecule has 3 aromatic carbocycles. The second-order valence-electron chi connectivity index (χ2n) is 6.88. The van der Waals surface area contributed by atoms with Crippen LogP contribution in [0.1, 0.15) is 21.8 Å². The number of nitrogens with one attached hydrogen (secondary N) is 1. The van der Waals surface area contributed by atoms with Crippen molar-refractivity contribution in [3.63, 3.8) is 0 Å². The van der Waals surface area contributed by atoms with Gasteiger partial charge >= 0.3 is 0 Å². The first-order valence-electron chi connectivity index (χ1n) is 9.82. The van der Waals surface area contributed by atoms with Crippen LogP contribution in [0, 0.1) is 6.92 Å². The Bertz CT molecular complexity index is 1150. The van der Waals surface area contributed by atoms with Crippen molar-refractivity contribution in [2.75, 3.05) is 12.4 Å². The molecule has 1 amide bonds. The van der Waals surface area contributed by atoms with Crippen LogP contribution in [0.5, 0.6) is 5.75 Å². The number of hydrogen-bond acceptors (Lipinski definition) is 5. The lowest BCUT2D eigenvalue weighted by molar-refractivity contribution is 0.102. The molecule has 0 aliphatic heterocycles. The number of rotatable bonds is 7. The number of carbonyl (C=O) groups excluding carboxylic acids is 1. The average Bonchev–Trinajstić information content (AvgIpc) is 3.19. The average molecular weight is 431 g/mol. The summed E-state index contributed by atoms with van der Waals surface area (Å²) in [5.41, 5.74) is 3.02. The quantitative estimate of drug-likeness (QED) is 0.354. The summed E-state index contributed by atoms with van der Waals surface area (Å²) in [6, 6.07) is 24.7. The molecule has 0 atom stereocenters. The van der Waals surface area contributed by atoms with E-state index in [0.717, 1.165) is 28.5 Å². The van der Waals surface area contributed by atoms with Gasteiger partial charge in [0.15, 0.2) is 0 Å². The number of thioether (sulfide) groups is 1. The van der Waals surface area contributed by atoms with E-state index in [0.29, 0.717) is 17.1 Å². The highest BCUT2D eigenvalue weighted by Gasteiger charge is 2.13. The van der Waals surface area contributed by atoms with E-state index in [2.05, 4.69) is 22.4 Å². The van der Waals surface area contributed by atoms with E-state index in [9.17, 15) is 4.79 Å². The van der Waals surface area contributed by atoms with E-state index in [4.69, 9.17) is 9.15 Å². The first kappa shape index (κ1) is 20.8. The minimum absolute atomic E-state index is 0.180. The Morgan fingerprint density at radius 1 is 1.00 bits per heavy atom. The van der Waals surface area contributed by atoms with Gasteiger partial charge in [-0.05, 0) is 67.6 Å². The zero-order chi connectivity index (χ0) is 21.6. The second kappa shape index (κ2) is 9.53. The fourth-order valence-electron chi connectivity index (χ4n) is 3.00. The van der Waals surface area contributed by atoms with Crippen LogP contribution < -0.4 is 10.1 Å². The number of ether oxygens (including phenoxy) is 1. The molecule has 0 aliphatic carbocycles. The number of amides is 1. The zero-order valence-electron chi connectivity index (χ0n) is 17.3. The van der Waals surface area contributed by atoms with Crippen LogP contribution in [0.25, 0.3) is 11.5 Å². The number of oxazole rings is 1. The molecule has 0 aliphatic rings. The van der Waals surface area contributed by atoms with Crippen LogP contribution in [0.4, 0.5) is 5.69 Å². The van der Waals surface area contributed by atoms with Gasteiger partial charge in [0.25, 0.3) is 5.91 Å². The van der Waals surface area contributed by atoms with Gasteiger partial charge in [-0.1, -0.05) is 18.2 Å². The van der Waals surface area contributed by atoms with Crippen molar-refractivity contribution in [1.29, 1.82) is 0 Å². The number of anilines is 1. The molecule has 31 heavy (non-hydrogen) atoms. The molecule has 4 aromatic rings. The number of hydrogen-bond donors (Lipinski definition) is 1. The first-order chi connectivity index (χ1) is 15.1. The smallest absolute Gasteiger partial charge is 0.255 e.